The summed E-state index contributed by atoms with van der Waals surface area (Å²) in [5.74, 6) is 0.606. The van der Waals surface area contributed by atoms with Crippen LogP contribution in [0.1, 0.15) is 49.2 Å². The van der Waals surface area contributed by atoms with E-state index in [0.717, 1.165) is 19.3 Å². The lowest BCUT2D eigenvalue weighted by Crippen LogP contribution is -2.20. The van der Waals surface area contributed by atoms with Crippen LogP contribution in [0.5, 0.6) is 0 Å². The predicted molar refractivity (Wildman–Crippen MR) is 81.5 cm³/mol. The summed E-state index contributed by atoms with van der Waals surface area (Å²) in [6.45, 7) is 4.43. The SMILES string of the molecule is CC(C)CC(N)c1cncn1C1Cc2ccccc2C1. The Labute approximate surface area is 120 Å². The van der Waals surface area contributed by atoms with Crippen LogP contribution in [-0.4, -0.2) is 9.55 Å². The molecule has 0 radical (unpaired) electrons. The smallest absolute Gasteiger partial charge is 0.0951 e. The highest BCUT2D eigenvalue weighted by atomic mass is 15.1. The van der Waals surface area contributed by atoms with Crippen molar-refractivity contribution in [1.29, 1.82) is 0 Å². The summed E-state index contributed by atoms with van der Waals surface area (Å²) in [5.41, 5.74) is 10.5. The topological polar surface area (TPSA) is 43.8 Å². The van der Waals surface area contributed by atoms with E-state index in [9.17, 15) is 0 Å². The summed E-state index contributed by atoms with van der Waals surface area (Å²) in [5, 5.41) is 0. The molecule has 1 atom stereocenters. The summed E-state index contributed by atoms with van der Waals surface area (Å²) in [4.78, 5) is 4.34. The monoisotopic (exact) mass is 269 g/mol. The molecule has 1 aliphatic carbocycles. The van der Waals surface area contributed by atoms with E-state index in [1.165, 1.54) is 16.8 Å². The molecule has 1 aromatic carbocycles. The van der Waals surface area contributed by atoms with Crippen LogP contribution in [0.3, 0.4) is 0 Å². The van der Waals surface area contributed by atoms with Crippen molar-refractivity contribution in [2.75, 3.05) is 0 Å². The van der Waals surface area contributed by atoms with Gasteiger partial charge in [0.1, 0.15) is 0 Å². The van der Waals surface area contributed by atoms with Gasteiger partial charge in [-0.1, -0.05) is 38.1 Å². The Kier molecular flexibility index (Phi) is 3.62. The molecule has 0 aliphatic heterocycles. The first kappa shape index (κ1) is 13.4. The van der Waals surface area contributed by atoms with Crippen LogP contribution in [0.25, 0.3) is 0 Å². The fraction of sp³-hybridized carbons (Fsp3) is 0.471. The largest absolute Gasteiger partial charge is 0.329 e. The van der Waals surface area contributed by atoms with Gasteiger partial charge in [0, 0.05) is 18.3 Å². The van der Waals surface area contributed by atoms with Gasteiger partial charge in [-0.3, -0.25) is 0 Å². The first-order valence-corrected chi connectivity index (χ1v) is 7.49. The molecule has 0 amide bonds. The van der Waals surface area contributed by atoms with Crippen molar-refractivity contribution in [2.45, 2.75) is 45.2 Å². The Bertz CT molecular complexity index is 560. The van der Waals surface area contributed by atoms with E-state index < -0.39 is 0 Å². The standard InChI is InChI=1S/C17H23N3/c1-12(2)7-16(18)17-10-19-11-20(17)15-8-13-5-3-4-6-14(13)9-15/h3-6,10-12,15-16H,7-9,18H2,1-2H3. The van der Waals surface area contributed by atoms with Gasteiger partial charge in [-0.25, -0.2) is 4.98 Å². The highest BCUT2D eigenvalue weighted by molar-refractivity contribution is 5.33. The molecular formula is C17H23N3. The highest BCUT2D eigenvalue weighted by Crippen LogP contribution is 2.32. The normalized spacial score (nSPS) is 16.6. The third-order valence-electron chi connectivity index (χ3n) is 4.22. The summed E-state index contributed by atoms with van der Waals surface area (Å²) >= 11 is 0. The molecule has 3 nitrogen and oxygen atoms in total. The number of imidazole rings is 1. The minimum atomic E-state index is 0.0845. The van der Waals surface area contributed by atoms with E-state index in [-0.39, 0.29) is 6.04 Å². The van der Waals surface area contributed by atoms with Crippen molar-refractivity contribution in [3.8, 4) is 0 Å². The van der Waals surface area contributed by atoms with Crippen LogP contribution in [0.15, 0.2) is 36.8 Å². The Hall–Kier alpha value is -1.61. The van der Waals surface area contributed by atoms with Crippen molar-refractivity contribution < 1.29 is 0 Å². The number of fused-ring (bicyclic) bond motifs is 1. The molecule has 3 rings (SSSR count). The fourth-order valence-corrected chi connectivity index (χ4v) is 3.27. The van der Waals surface area contributed by atoms with Gasteiger partial charge in [0.2, 0.25) is 0 Å². The van der Waals surface area contributed by atoms with Gasteiger partial charge in [0.05, 0.1) is 12.0 Å². The van der Waals surface area contributed by atoms with Crippen LogP contribution < -0.4 is 5.73 Å². The fourth-order valence-electron chi connectivity index (χ4n) is 3.27. The molecule has 2 aromatic rings. The van der Waals surface area contributed by atoms with Gasteiger partial charge in [0.25, 0.3) is 0 Å². The molecule has 0 saturated heterocycles. The van der Waals surface area contributed by atoms with Crippen molar-refractivity contribution in [2.24, 2.45) is 11.7 Å². The maximum absolute atomic E-state index is 6.35. The number of benzene rings is 1. The van der Waals surface area contributed by atoms with E-state index >= 15 is 0 Å². The lowest BCUT2D eigenvalue weighted by atomic mass is 10.0. The molecule has 0 saturated carbocycles. The second kappa shape index (κ2) is 5.41. The average molecular weight is 269 g/mol. The molecule has 1 aliphatic rings. The summed E-state index contributed by atoms with van der Waals surface area (Å²) < 4.78 is 2.30. The predicted octanol–water partition coefficient (Wildman–Crippen LogP) is 3.27. The van der Waals surface area contributed by atoms with Gasteiger partial charge in [0.15, 0.2) is 0 Å². The minimum absolute atomic E-state index is 0.0845. The van der Waals surface area contributed by atoms with Crippen molar-refractivity contribution in [3.05, 3.63) is 53.6 Å². The summed E-state index contributed by atoms with van der Waals surface area (Å²) in [6, 6.07) is 9.28. The molecule has 0 fully saturated rings. The van der Waals surface area contributed by atoms with Crippen molar-refractivity contribution in [3.63, 3.8) is 0 Å². The second-order valence-electron chi connectivity index (χ2n) is 6.29. The lowest BCUT2D eigenvalue weighted by molar-refractivity contribution is 0.449. The average Bonchev–Trinajstić information content (AvgIpc) is 3.04. The highest BCUT2D eigenvalue weighted by Gasteiger charge is 2.25. The molecule has 0 spiro atoms. The van der Waals surface area contributed by atoms with Crippen LogP contribution in [0, 0.1) is 5.92 Å². The van der Waals surface area contributed by atoms with E-state index in [2.05, 4.69) is 47.7 Å². The van der Waals surface area contributed by atoms with Crippen LogP contribution in [0.4, 0.5) is 0 Å². The van der Waals surface area contributed by atoms with Crippen molar-refractivity contribution in [1.82, 2.24) is 9.55 Å². The minimum Gasteiger partial charge on any atom is -0.329 e. The molecule has 0 bridgehead atoms. The second-order valence-corrected chi connectivity index (χ2v) is 6.29. The number of rotatable bonds is 4. The van der Waals surface area contributed by atoms with Crippen LogP contribution in [-0.2, 0) is 12.8 Å². The Balaban J connectivity index is 1.82. The first-order chi connectivity index (χ1) is 9.65. The quantitative estimate of drug-likeness (QED) is 0.925. The van der Waals surface area contributed by atoms with Crippen LogP contribution in [0.2, 0.25) is 0 Å². The number of aromatic nitrogens is 2. The third kappa shape index (κ3) is 2.50. The maximum Gasteiger partial charge on any atom is 0.0951 e. The third-order valence-corrected chi connectivity index (χ3v) is 4.22. The maximum atomic E-state index is 6.35. The lowest BCUT2D eigenvalue weighted by Gasteiger charge is -2.20. The number of hydrogen-bond donors (Lipinski definition) is 1. The van der Waals surface area contributed by atoms with Gasteiger partial charge in [-0.15, -0.1) is 0 Å². The molecule has 20 heavy (non-hydrogen) atoms. The first-order valence-electron chi connectivity index (χ1n) is 7.49. The van der Waals surface area contributed by atoms with Gasteiger partial charge >= 0.3 is 0 Å². The zero-order valence-corrected chi connectivity index (χ0v) is 12.3. The molecule has 1 aromatic heterocycles. The van der Waals surface area contributed by atoms with Crippen LogP contribution >= 0.6 is 0 Å². The van der Waals surface area contributed by atoms with E-state index in [4.69, 9.17) is 5.73 Å². The van der Waals surface area contributed by atoms with E-state index in [1.807, 2.05) is 12.5 Å². The number of nitrogens with zero attached hydrogens (tertiary/aromatic N) is 2. The molecular weight excluding hydrogens is 246 g/mol. The Morgan fingerprint density at radius 3 is 2.50 bits per heavy atom. The zero-order chi connectivity index (χ0) is 14.1. The number of nitrogens with two attached hydrogens (primary N) is 1. The molecule has 106 valence electrons. The van der Waals surface area contributed by atoms with Gasteiger partial charge in [-0.05, 0) is 36.3 Å². The van der Waals surface area contributed by atoms with E-state index in [1.54, 1.807) is 0 Å². The Morgan fingerprint density at radius 2 is 1.90 bits per heavy atom. The summed E-state index contributed by atoms with van der Waals surface area (Å²) in [7, 11) is 0. The van der Waals surface area contributed by atoms with E-state index in [0.29, 0.717) is 12.0 Å². The molecule has 2 N–H and O–H groups in total. The van der Waals surface area contributed by atoms with Gasteiger partial charge in [-0.2, -0.15) is 0 Å². The molecule has 3 heteroatoms. The Morgan fingerprint density at radius 1 is 1.25 bits per heavy atom. The van der Waals surface area contributed by atoms with Gasteiger partial charge < -0.3 is 10.3 Å². The molecule has 1 unspecified atom stereocenters. The molecule has 1 heterocycles. The zero-order valence-electron chi connectivity index (χ0n) is 12.3. The number of hydrogen-bond acceptors (Lipinski definition) is 2. The van der Waals surface area contributed by atoms with Crippen molar-refractivity contribution >= 4 is 0 Å². The summed E-state index contributed by atoms with van der Waals surface area (Å²) in [6.07, 6.45) is 7.08.